The van der Waals surface area contributed by atoms with Gasteiger partial charge >= 0.3 is 0 Å². The van der Waals surface area contributed by atoms with Crippen molar-refractivity contribution in [1.29, 1.82) is 0 Å². The lowest BCUT2D eigenvalue weighted by Crippen LogP contribution is -2.55. The van der Waals surface area contributed by atoms with Crippen molar-refractivity contribution in [2.24, 2.45) is 0 Å². The molecule has 4 rings (SSSR count). The van der Waals surface area contributed by atoms with Gasteiger partial charge in [0.1, 0.15) is 12.4 Å². The molecule has 0 spiro atoms. The van der Waals surface area contributed by atoms with Crippen molar-refractivity contribution in [1.82, 2.24) is 15.1 Å². The Bertz CT molecular complexity index is 915. The van der Waals surface area contributed by atoms with E-state index in [2.05, 4.69) is 5.32 Å². The maximum Gasteiger partial charge on any atom is 0.267 e. The molecule has 2 aromatic rings. The maximum absolute atomic E-state index is 13.6. The van der Waals surface area contributed by atoms with Crippen LogP contribution < -0.4 is 14.8 Å². The van der Waals surface area contributed by atoms with Gasteiger partial charge in [-0.3, -0.25) is 14.5 Å². The molecular formula is C22H24FN3O4. The number of fused-ring (bicyclic) bond motifs is 1. The SMILES string of the molecule is O=C(CN1CCN(C(=O)C2COc3ccccc3O2)CC1)NCc1ccccc1F. The number of hydrogen-bond donors (Lipinski definition) is 1. The summed E-state index contributed by atoms with van der Waals surface area (Å²) in [5.41, 5.74) is 0.456. The Morgan fingerprint density at radius 1 is 1.00 bits per heavy atom. The molecule has 1 fully saturated rings. The highest BCUT2D eigenvalue weighted by molar-refractivity contribution is 5.82. The summed E-state index contributed by atoms with van der Waals surface area (Å²) in [7, 11) is 0. The molecule has 0 saturated carbocycles. The molecule has 1 unspecified atom stereocenters. The molecular weight excluding hydrogens is 389 g/mol. The van der Waals surface area contributed by atoms with E-state index >= 15 is 0 Å². The van der Waals surface area contributed by atoms with Crippen molar-refractivity contribution < 1.29 is 23.5 Å². The fourth-order valence-electron chi connectivity index (χ4n) is 3.57. The van der Waals surface area contributed by atoms with Crippen LogP contribution in [0, 0.1) is 5.82 Å². The Kier molecular flexibility index (Phi) is 6.13. The number of para-hydroxylation sites is 2. The minimum atomic E-state index is -0.657. The molecule has 1 atom stereocenters. The van der Waals surface area contributed by atoms with Crippen LogP contribution >= 0.6 is 0 Å². The molecule has 7 nitrogen and oxygen atoms in total. The van der Waals surface area contributed by atoms with Gasteiger partial charge in [0.25, 0.3) is 5.91 Å². The van der Waals surface area contributed by atoms with Crippen molar-refractivity contribution in [3.63, 3.8) is 0 Å². The van der Waals surface area contributed by atoms with Crippen LogP contribution in [0.5, 0.6) is 11.5 Å². The quantitative estimate of drug-likeness (QED) is 0.803. The number of ether oxygens (including phenoxy) is 2. The van der Waals surface area contributed by atoms with Crippen LogP contribution in [0.3, 0.4) is 0 Å². The predicted octanol–water partition coefficient (Wildman–Crippen LogP) is 1.43. The summed E-state index contributed by atoms with van der Waals surface area (Å²) >= 11 is 0. The van der Waals surface area contributed by atoms with E-state index in [0.29, 0.717) is 43.2 Å². The fourth-order valence-corrected chi connectivity index (χ4v) is 3.57. The van der Waals surface area contributed by atoms with Crippen LogP contribution in [-0.4, -0.2) is 67.0 Å². The van der Waals surface area contributed by atoms with Crippen molar-refractivity contribution in [3.05, 3.63) is 59.9 Å². The van der Waals surface area contributed by atoms with Crippen LogP contribution in [-0.2, 0) is 16.1 Å². The average molecular weight is 413 g/mol. The van der Waals surface area contributed by atoms with Gasteiger partial charge in [0, 0.05) is 38.3 Å². The molecule has 1 saturated heterocycles. The number of carbonyl (C=O) groups is 2. The molecule has 0 aromatic heterocycles. The van der Waals surface area contributed by atoms with Crippen molar-refractivity contribution in [2.75, 3.05) is 39.3 Å². The lowest BCUT2D eigenvalue weighted by molar-refractivity contribution is -0.143. The number of carbonyl (C=O) groups excluding carboxylic acids is 2. The summed E-state index contributed by atoms with van der Waals surface area (Å²) in [6, 6.07) is 13.7. The molecule has 30 heavy (non-hydrogen) atoms. The third-order valence-electron chi connectivity index (χ3n) is 5.27. The smallest absolute Gasteiger partial charge is 0.267 e. The molecule has 2 aliphatic rings. The van der Waals surface area contributed by atoms with Gasteiger partial charge in [-0.2, -0.15) is 0 Å². The van der Waals surface area contributed by atoms with Gasteiger partial charge in [0.05, 0.1) is 6.54 Å². The molecule has 0 radical (unpaired) electrons. The molecule has 0 bridgehead atoms. The summed E-state index contributed by atoms with van der Waals surface area (Å²) < 4.78 is 25.1. The van der Waals surface area contributed by atoms with Gasteiger partial charge in [-0.1, -0.05) is 30.3 Å². The molecule has 8 heteroatoms. The van der Waals surface area contributed by atoms with Gasteiger partial charge in [-0.15, -0.1) is 0 Å². The van der Waals surface area contributed by atoms with Crippen LogP contribution in [0.25, 0.3) is 0 Å². The first kappa shape index (κ1) is 20.2. The Morgan fingerprint density at radius 2 is 1.70 bits per heavy atom. The summed E-state index contributed by atoms with van der Waals surface area (Å²) in [6.07, 6.45) is -0.657. The summed E-state index contributed by atoms with van der Waals surface area (Å²) in [6.45, 7) is 2.76. The van der Waals surface area contributed by atoms with Crippen LogP contribution in [0.4, 0.5) is 4.39 Å². The molecule has 0 aliphatic carbocycles. The third kappa shape index (κ3) is 4.71. The summed E-state index contributed by atoms with van der Waals surface area (Å²) in [5.74, 6) is 0.619. The normalized spacial score (nSPS) is 18.7. The first-order valence-electron chi connectivity index (χ1n) is 10.00. The fraction of sp³-hybridized carbons (Fsp3) is 0.364. The van der Waals surface area contributed by atoms with Crippen LogP contribution in [0.2, 0.25) is 0 Å². The third-order valence-corrected chi connectivity index (χ3v) is 5.27. The number of nitrogens with one attached hydrogen (secondary N) is 1. The van der Waals surface area contributed by atoms with E-state index in [1.54, 1.807) is 29.2 Å². The monoisotopic (exact) mass is 413 g/mol. The van der Waals surface area contributed by atoms with Gasteiger partial charge in [0.15, 0.2) is 11.5 Å². The minimum absolute atomic E-state index is 0.104. The lowest BCUT2D eigenvalue weighted by Gasteiger charge is -2.36. The van der Waals surface area contributed by atoms with E-state index in [-0.39, 0.29) is 37.3 Å². The molecule has 1 N–H and O–H groups in total. The van der Waals surface area contributed by atoms with Gasteiger partial charge in [-0.05, 0) is 18.2 Å². The highest BCUT2D eigenvalue weighted by atomic mass is 19.1. The van der Waals surface area contributed by atoms with E-state index in [0.717, 1.165) is 0 Å². The van der Waals surface area contributed by atoms with Crippen molar-refractivity contribution in [2.45, 2.75) is 12.6 Å². The van der Waals surface area contributed by atoms with Crippen LogP contribution in [0.15, 0.2) is 48.5 Å². The number of amides is 2. The average Bonchev–Trinajstić information content (AvgIpc) is 2.78. The number of nitrogens with zero attached hydrogens (tertiary/aromatic N) is 2. The second-order valence-corrected chi connectivity index (χ2v) is 7.33. The molecule has 2 amide bonds. The Labute approximate surface area is 174 Å². The Balaban J connectivity index is 1.21. The van der Waals surface area contributed by atoms with E-state index < -0.39 is 6.10 Å². The molecule has 2 heterocycles. The first-order chi connectivity index (χ1) is 14.6. The second-order valence-electron chi connectivity index (χ2n) is 7.33. The largest absolute Gasteiger partial charge is 0.485 e. The second kappa shape index (κ2) is 9.13. The summed E-state index contributed by atoms with van der Waals surface area (Å²) in [5, 5.41) is 2.74. The van der Waals surface area contributed by atoms with E-state index in [1.807, 2.05) is 23.1 Å². The minimum Gasteiger partial charge on any atom is -0.485 e. The Morgan fingerprint density at radius 3 is 2.47 bits per heavy atom. The molecule has 158 valence electrons. The number of halogens is 1. The van der Waals surface area contributed by atoms with Gasteiger partial charge in [0.2, 0.25) is 12.0 Å². The molecule has 2 aliphatic heterocycles. The zero-order chi connectivity index (χ0) is 20.9. The number of rotatable bonds is 5. The van der Waals surface area contributed by atoms with Crippen molar-refractivity contribution >= 4 is 11.8 Å². The van der Waals surface area contributed by atoms with E-state index in [4.69, 9.17) is 9.47 Å². The van der Waals surface area contributed by atoms with Crippen molar-refractivity contribution in [3.8, 4) is 11.5 Å². The standard InChI is InChI=1S/C22H24FN3O4/c23-17-6-2-1-5-16(17)13-24-21(27)14-25-9-11-26(12-10-25)22(28)20-15-29-18-7-3-4-8-19(18)30-20/h1-8,20H,9-15H2,(H,24,27). The number of piperazine rings is 1. The first-order valence-corrected chi connectivity index (χ1v) is 10.00. The predicted molar refractivity (Wildman–Crippen MR) is 108 cm³/mol. The van der Waals surface area contributed by atoms with E-state index in [9.17, 15) is 14.0 Å². The van der Waals surface area contributed by atoms with Gasteiger partial charge in [-0.25, -0.2) is 4.39 Å². The van der Waals surface area contributed by atoms with E-state index in [1.165, 1.54) is 6.07 Å². The highest BCUT2D eigenvalue weighted by Gasteiger charge is 2.32. The summed E-state index contributed by atoms with van der Waals surface area (Å²) in [4.78, 5) is 28.7. The lowest BCUT2D eigenvalue weighted by atomic mass is 10.2. The van der Waals surface area contributed by atoms with Gasteiger partial charge < -0.3 is 19.7 Å². The zero-order valence-electron chi connectivity index (χ0n) is 16.6. The zero-order valence-corrected chi connectivity index (χ0v) is 16.6. The number of benzene rings is 2. The van der Waals surface area contributed by atoms with Crippen LogP contribution in [0.1, 0.15) is 5.56 Å². The maximum atomic E-state index is 13.6. The highest BCUT2D eigenvalue weighted by Crippen LogP contribution is 2.31. The number of hydrogen-bond acceptors (Lipinski definition) is 5. The topological polar surface area (TPSA) is 71.1 Å². The Hall–Kier alpha value is -3.13. The molecule has 2 aromatic carbocycles.